The third-order valence-electron chi connectivity index (χ3n) is 4.60. The van der Waals surface area contributed by atoms with E-state index in [1.54, 1.807) is 0 Å². The summed E-state index contributed by atoms with van der Waals surface area (Å²) >= 11 is 0. The van der Waals surface area contributed by atoms with Crippen molar-refractivity contribution in [3.63, 3.8) is 0 Å². The monoisotopic (exact) mass is 353 g/mol. The number of benzene rings is 2. The van der Waals surface area contributed by atoms with Gasteiger partial charge in [-0.25, -0.2) is 0 Å². The molecule has 0 spiro atoms. The summed E-state index contributed by atoms with van der Waals surface area (Å²) in [5.74, 6) is 1.08. The smallest absolute Gasteiger partial charge is 0.223 e. The van der Waals surface area contributed by atoms with Crippen molar-refractivity contribution >= 4 is 5.91 Å². The molecule has 4 nitrogen and oxygen atoms in total. The molecule has 1 fully saturated rings. The maximum Gasteiger partial charge on any atom is 0.223 e. The highest BCUT2D eigenvalue weighted by molar-refractivity contribution is 5.78. The maximum absolute atomic E-state index is 12.8. The summed E-state index contributed by atoms with van der Waals surface area (Å²) in [6.45, 7) is 6.65. The van der Waals surface area contributed by atoms with Gasteiger partial charge in [-0.2, -0.15) is 0 Å². The molecular weight excluding hydrogens is 326 g/mol. The van der Waals surface area contributed by atoms with Gasteiger partial charge in [0.2, 0.25) is 5.91 Å². The fourth-order valence-electron chi connectivity index (χ4n) is 3.28. The van der Waals surface area contributed by atoms with Crippen molar-refractivity contribution in [1.29, 1.82) is 0 Å². The van der Waals surface area contributed by atoms with Gasteiger partial charge in [-0.15, -0.1) is 0 Å². The van der Waals surface area contributed by atoms with Gasteiger partial charge < -0.3 is 14.4 Å². The predicted octanol–water partition coefficient (Wildman–Crippen LogP) is 3.85. The van der Waals surface area contributed by atoms with Crippen LogP contribution in [-0.4, -0.2) is 43.2 Å². The van der Waals surface area contributed by atoms with Crippen LogP contribution in [0.25, 0.3) is 0 Å². The summed E-state index contributed by atoms with van der Waals surface area (Å²) in [6.07, 6.45) is 0.614. The Morgan fingerprint density at radius 1 is 1.00 bits per heavy atom. The molecule has 0 radical (unpaired) electrons. The van der Waals surface area contributed by atoms with Gasteiger partial charge in [-0.1, -0.05) is 42.5 Å². The molecule has 2 aromatic rings. The number of carbonyl (C=O) groups excluding carboxylic acids is 1. The standard InChI is InChI=1S/C22H27NO3/c1-17(2)26-20-10-8-19(9-11-20)21(18-6-4-3-5-7-18)16-22(24)23-12-14-25-15-13-23/h3-11,17,21H,12-16H2,1-2H3/t21-/m1/s1. The van der Waals surface area contributed by atoms with E-state index < -0.39 is 0 Å². The fourth-order valence-corrected chi connectivity index (χ4v) is 3.28. The number of morpholine rings is 1. The largest absolute Gasteiger partial charge is 0.491 e. The van der Waals surface area contributed by atoms with E-state index in [9.17, 15) is 4.79 Å². The predicted molar refractivity (Wildman–Crippen MR) is 103 cm³/mol. The lowest BCUT2D eigenvalue weighted by Crippen LogP contribution is -2.41. The zero-order valence-electron chi connectivity index (χ0n) is 15.6. The molecule has 0 aliphatic carbocycles. The maximum atomic E-state index is 12.8. The van der Waals surface area contributed by atoms with Crippen LogP contribution < -0.4 is 4.74 Å². The lowest BCUT2D eigenvalue weighted by Gasteiger charge is -2.29. The first-order chi connectivity index (χ1) is 12.6. The summed E-state index contributed by atoms with van der Waals surface area (Å²) in [5, 5.41) is 0. The van der Waals surface area contributed by atoms with Crippen LogP contribution in [0.4, 0.5) is 0 Å². The molecule has 4 heteroatoms. The Morgan fingerprint density at radius 2 is 1.62 bits per heavy atom. The lowest BCUT2D eigenvalue weighted by molar-refractivity contribution is -0.135. The molecule has 1 heterocycles. The Labute approximate surface area is 155 Å². The number of hydrogen-bond donors (Lipinski definition) is 0. The third kappa shape index (κ3) is 4.85. The van der Waals surface area contributed by atoms with Crippen LogP contribution in [0.1, 0.15) is 37.3 Å². The molecule has 0 unspecified atom stereocenters. The number of rotatable bonds is 6. The van der Waals surface area contributed by atoms with Crippen molar-refractivity contribution in [2.45, 2.75) is 32.3 Å². The van der Waals surface area contributed by atoms with Crippen LogP contribution in [0.5, 0.6) is 5.75 Å². The summed E-state index contributed by atoms with van der Waals surface area (Å²) in [6, 6.07) is 18.4. The van der Waals surface area contributed by atoms with Crippen molar-refractivity contribution in [1.82, 2.24) is 4.90 Å². The molecule has 1 atom stereocenters. The average molecular weight is 353 g/mol. The normalized spacial score (nSPS) is 15.7. The Kier molecular flexibility index (Phi) is 6.29. The highest BCUT2D eigenvalue weighted by atomic mass is 16.5. The van der Waals surface area contributed by atoms with Crippen molar-refractivity contribution < 1.29 is 14.3 Å². The molecule has 1 saturated heterocycles. The molecule has 3 rings (SSSR count). The first-order valence-electron chi connectivity index (χ1n) is 9.30. The molecule has 138 valence electrons. The summed E-state index contributed by atoms with van der Waals surface area (Å²) in [4.78, 5) is 14.7. The van der Waals surface area contributed by atoms with Crippen LogP contribution in [-0.2, 0) is 9.53 Å². The Hall–Kier alpha value is -2.33. The van der Waals surface area contributed by atoms with Gasteiger partial charge >= 0.3 is 0 Å². The van der Waals surface area contributed by atoms with Crippen molar-refractivity contribution in [3.05, 3.63) is 65.7 Å². The highest BCUT2D eigenvalue weighted by Crippen LogP contribution is 2.30. The number of nitrogens with zero attached hydrogens (tertiary/aromatic N) is 1. The minimum atomic E-state index is 0.0413. The summed E-state index contributed by atoms with van der Waals surface area (Å²) < 4.78 is 11.1. The van der Waals surface area contributed by atoms with Gasteiger partial charge in [0.1, 0.15) is 5.75 Å². The van der Waals surface area contributed by atoms with Crippen LogP contribution in [0.2, 0.25) is 0 Å². The van der Waals surface area contributed by atoms with Gasteiger partial charge in [-0.05, 0) is 37.1 Å². The van der Waals surface area contributed by atoms with Crippen LogP contribution in [0.3, 0.4) is 0 Å². The second-order valence-electron chi connectivity index (χ2n) is 6.90. The molecule has 0 N–H and O–H groups in total. The number of amides is 1. The van der Waals surface area contributed by atoms with E-state index in [1.165, 1.54) is 0 Å². The van der Waals surface area contributed by atoms with Crippen LogP contribution in [0, 0.1) is 0 Å². The Morgan fingerprint density at radius 3 is 2.23 bits per heavy atom. The number of carbonyl (C=O) groups is 1. The minimum Gasteiger partial charge on any atom is -0.491 e. The highest BCUT2D eigenvalue weighted by Gasteiger charge is 2.23. The topological polar surface area (TPSA) is 38.8 Å². The van der Waals surface area contributed by atoms with Crippen LogP contribution in [0.15, 0.2) is 54.6 Å². The Bertz CT molecular complexity index is 691. The molecular formula is C22H27NO3. The zero-order valence-corrected chi connectivity index (χ0v) is 15.6. The van der Waals surface area contributed by atoms with E-state index in [4.69, 9.17) is 9.47 Å². The number of ether oxygens (including phenoxy) is 2. The SMILES string of the molecule is CC(C)Oc1ccc([C@H](CC(=O)N2CCOCC2)c2ccccc2)cc1. The average Bonchev–Trinajstić information content (AvgIpc) is 2.67. The molecule has 1 aliphatic heterocycles. The second kappa shape index (κ2) is 8.86. The quantitative estimate of drug-likeness (QED) is 0.792. The van der Waals surface area contributed by atoms with Gasteiger partial charge in [0, 0.05) is 25.4 Å². The molecule has 0 bridgehead atoms. The van der Waals surface area contributed by atoms with Gasteiger partial charge in [0.05, 0.1) is 19.3 Å². The first kappa shape index (κ1) is 18.5. The van der Waals surface area contributed by atoms with E-state index in [2.05, 4.69) is 24.3 Å². The van der Waals surface area contributed by atoms with E-state index in [-0.39, 0.29) is 17.9 Å². The first-order valence-corrected chi connectivity index (χ1v) is 9.30. The van der Waals surface area contributed by atoms with Crippen molar-refractivity contribution in [2.24, 2.45) is 0 Å². The lowest BCUT2D eigenvalue weighted by atomic mass is 9.88. The van der Waals surface area contributed by atoms with E-state index in [0.717, 1.165) is 16.9 Å². The minimum absolute atomic E-state index is 0.0413. The van der Waals surface area contributed by atoms with Gasteiger partial charge in [0.25, 0.3) is 0 Å². The second-order valence-corrected chi connectivity index (χ2v) is 6.90. The molecule has 0 aromatic heterocycles. The van der Waals surface area contributed by atoms with E-state index in [1.807, 2.05) is 49.1 Å². The number of hydrogen-bond acceptors (Lipinski definition) is 3. The molecule has 2 aromatic carbocycles. The van der Waals surface area contributed by atoms with Gasteiger partial charge in [0.15, 0.2) is 0 Å². The zero-order chi connectivity index (χ0) is 18.4. The third-order valence-corrected chi connectivity index (χ3v) is 4.60. The van der Waals surface area contributed by atoms with Gasteiger partial charge in [-0.3, -0.25) is 4.79 Å². The summed E-state index contributed by atoms with van der Waals surface area (Å²) in [5.41, 5.74) is 2.29. The fraction of sp³-hybridized carbons (Fsp3) is 0.409. The van der Waals surface area contributed by atoms with Crippen molar-refractivity contribution in [3.8, 4) is 5.75 Å². The molecule has 1 amide bonds. The molecule has 0 saturated carbocycles. The molecule has 26 heavy (non-hydrogen) atoms. The summed E-state index contributed by atoms with van der Waals surface area (Å²) in [7, 11) is 0. The Balaban J connectivity index is 1.80. The van der Waals surface area contributed by atoms with Crippen LogP contribution >= 0.6 is 0 Å². The molecule has 1 aliphatic rings. The van der Waals surface area contributed by atoms with E-state index >= 15 is 0 Å². The van der Waals surface area contributed by atoms with E-state index in [0.29, 0.717) is 32.7 Å². The van der Waals surface area contributed by atoms with Crippen molar-refractivity contribution in [2.75, 3.05) is 26.3 Å².